The van der Waals surface area contributed by atoms with Gasteiger partial charge >= 0.3 is 11.9 Å². The first-order chi connectivity index (χ1) is 14.0. The van der Waals surface area contributed by atoms with Gasteiger partial charge in [-0.1, -0.05) is 30.3 Å². The summed E-state index contributed by atoms with van der Waals surface area (Å²) in [5, 5.41) is 19.1. The third kappa shape index (κ3) is 7.71. The lowest BCUT2D eigenvalue weighted by molar-refractivity contribution is -0.134. The fourth-order valence-electron chi connectivity index (χ4n) is 3.10. The maximum Gasteiger partial charge on any atom is 0.328 e. The fourth-order valence-corrected chi connectivity index (χ4v) is 3.10. The average molecular weight is 399 g/mol. The summed E-state index contributed by atoms with van der Waals surface area (Å²) in [6, 6.07) is 10.7. The molecule has 0 aliphatic carbocycles. The van der Waals surface area contributed by atoms with Crippen molar-refractivity contribution >= 4 is 11.9 Å². The van der Waals surface area contributed by atoms with Crippen LogP contribution in [-0.4, -0.2) is 51.8 Å². The van der Waals surface area contributed by atoms with Gasteiger partial charge in [0.05, 0.1) is 12.3 Å². The number of carboxylic acid groups (broad SMARTS) is 2. The number of carboxylic acids is 2. The maximum atomic E-state index is 9.55. The Labute approximate surface area is 169 Å². The lowest BCUT2D eigenvalue weighted by atomic mass is 9.81. The first-order valence-electron chi connectivity index (χ1n) is 9.27. The molecule has 1 aliphatic rings. The minimum atomic E-state index is -1.26. The average Bonchev–Trinajstić information content (AvgIpc) is 2.73. The van der Waals surface area contributed by atoms with Crippen molar-refractivity contribution < 1.29 is 24.5 Å². The highest BCUT2D eigenvalue weighted by molar-refractivity contribution is 5.89. The van der Waals surface area contributed by atoms with Crippen molar-refractivity contribution in [3.63, 3.8) is 0 Å². The van der Waals surface area contributed by atoms with Crippen molar-refractivity contribution in [2.75, 3.05) is 19.7 Å². The molecule has 0 spiro atoms. The fraction of sp³-hybridized carbons (Fsp3) is 0.333. The van der Waals surface area contributed by atoms with Gasteiger partial charge in [0.25, 0.3) is 0 Å². The quantitative estimate of drug-likeness (QED) is 0.633. The Morgan fingerprint density at radius 2 is 1.79 bits per heavy atom. The molecular weight excluding hydrogens is 374 g/mol. The third-order valence-electron chi connectivity index (χ3n) is 4.47. The molecule has 1 aromatic carbocycles. The van der Waals surface area contributed by atoms with E-state index in [9.17, 15) is 9.59 Å². The molecule has 0 bridgehead atoms. The maximum absolute atomic E-state index is 9.55. The zero-order chi connectivity index (χ0) is 21.1. The molecule has 1 aromatic heterocycles. The van der Waals surface area contributed by atoms with E-state index < -0.39 is 11.9 Å². The van der Waals surface area contributed by atoms with E-state index in [2.05, 4.69) is 45.6 Å². The van der Waals surface area contributed by atoms with Gasteiger partial charge in [0.2, 0.25) is 5.88 Å². The van der Waals surface area contributed by atoms with Gasteiger partial charge in [-0.3, -0.25) is 4.98 Å². The Hall–Kier alpha value is -3.26. The highest BCUT2D eigenvalue weighted by Crippen LogP contribution is 2.30. The predicted octanol–water partition coefficient (Wildman–Crippen LogP) is 2.27. The minimum absolute atomic E-state index is 0.461. The number of nitrogens with one attached hydrogen (secondary N) is 1. The van der Waals surface area contributed by atoms with Crippen molar-refractivity contribution in [3.8, 4) is 5.88 Å². The molecule has 8 heteroatoms. The van der Waals surface area contributed by atoms with Gasteiger partial charge in [-0.15, -0.1) is 0 Å². The number of carbonyl (C=O) groups is 2. The molecule has 1 aliphatic heterocycles. The number of ether oxygens (including phenoxy) is 1. The van der Waals surface area contributed by atoms with Gasteiger partial charge in [-0.05, 0) is 31.4 Å². The van der Waals surface area contributed by atoms with Crippen LogP contribution in [0.25, 0.3) is 0 Å². The number of piperidine rings is 1. The van der Waals surface area contributed by atoms with Crippen LogP contribution in [0.2, 0.25) is 0 Å². The second-order valence-electron chi connectivity index (χ2n) is 6.54. The van der Waals surface area contributed by atoms with E-state index in [1.807, 2.05) is 6.92 Å². The predicted molar refractivity (Wildman–Crippen MR) is 107 cm³/mol. The van der Waals surface area contributed by atoms with Gasteiger partial charge in [0.15, 0.2) is 0 Å². The van der Waals surface area contributed by atoms with Crippen LogP contribution in [0, 0.1) is 12.8 Å². The van der Waals surface area contributed by atoms with Gasteiger partial charge in [-0.2, -0.15) is 0 Å². The van der Waals surface area contributed by atoms with Crippen molar-refractivity contribution in [3.05, 3.63) is 66.1 Å². The van der Waals surface area contributed by atoms with E-state index in [0.717, 1.165) is 25.2 Å². The SMILES string of the molecule is Cc1nccnc1OC[C@@H]1CNCC[C@H]1c1ccccc1.O=C(O)/C=C/C(=O)O. The van der Waals surface area contributed by atoms with Crippen LogP contribution in [0.3, 0.4) is 0 Å². The van der Waals surface area contributed by atoms with Gasteiger partial charge in [-0.25, -0.2) is 14.6 Å². The molecule has 0 amide bonds. The van der Waals surface area contributed by atoms with Crippen molar-refractivity contribution in [2.45, 2.75) is 19.3 Å². The van der Waals surface area contributed by atoms with E-state index in [0.29, 0.717) is 36.5 Å². The summed E-state index contributed by atoms with van der Waals surface area (Å²) in [7, 11) is 0. The molecule has 3 N–H and O–H groups in total. The lowest BCUT2D eigenvalue weighted by Crippen LogP contribution is -2.38. The Balaban J connectivity index is 0.000000321. The molecule has 0 saturated carbocycles. The van der Waals surface area contributed by atoms with Crippen LogP contribution in [0.15, 0.2) is 54.9 Å². The zero-order valence-corrected chi connectivity index (χ0v) is 16.2. The van der Waals surface area contributed by atoms with Crippen LogP contribution < -0.4 is 10.1 Å². The number of aromatic nitrogens is 2. The number of hydrogen-bond donors (Lipinski definition) is 3. The monoisotopic (exact) mass is 399 g/mol. The molecule has 0 unspecified atom stereocenters. The van der Waals surface area contributed by atoms with E-state index in [4.69, 9.17) is 14.9 Å². The lowest BCUT2D eigenvalue weighted by Gasteiger charge is -2.32. The third-order valence-corrected chi connectivity index (χ3v) is 4.47. The van der Waals surface area contributed by atoms with Gasteiger partial charge in [0.1, 0.15) is 0 Å². The molecule has 1 fully saturated rings. The Bertz CT molecular complexity index is 810. The van der Waals surface area contributed by atoms with Gasteiger partial charge < -0.3 is 20.3 Å². The van der Waals surface area contributed by atoms with E-state index >= 15 is 0 Å². The zero-order valence-electron chi connectivity index (χ0n) is 16.2. The molecule has 3 rings (SSSR count). The summed E-state index contributed by atoms with van der Waals surface area (Å²) >= 11 is 0. The normalized spacial score (nSPS) is 18.5. The number of aryl methyl sites for hydroxylation is 1. The summed E-state index contributed by atoms with van der Waals surface area (Å²) in [5.74, 6) is -0.860. The summed E-state index contributed by atoms with van der Waals surface area (Å²) in [4.78, 5) is 27.6. The second kappa shape index (κ2) is 11.6. The number of benzene rings is 1. The largest absolute Gasteiger partial charge is 0.478 e. The molecule has 29 heavy (non-hydrogen) atoms. The van der Waals surface area contributed by atoms with Gasteiger partial charge in [0, 0.05) is 37.0 Å². The Morgan fingerprint density at radius 3 is 2.41 bits per heavy atom. The Morgan fingerprint density at radius 1 is 1.14 bits per heavy atom. The Kier molecular flexibility index (Phi) is 8.78. The van der Waals surface area contributed by atoms with Crippen LogP contribution in [0.5, 0.6) is 5.88 Å². The van der Waals surface area contributed by atoms with E-state index in [-0.39, 0.29) is 0 Å². The standard InChI is InChI=1S/C17H21N3O.C4H4O4/c1-13-17(20-10-9-19-13)21-12-15-11-18-8-7-16(15)14-5-3-2-4-6-14;5-3(6)1-2-4(7)8/h2-6,9-10,15-16,18H,7-8,11-12H2,1H3;1-2H,(H,5,6)(H,7,8)/b;2-1+/t15-,16-;/m0./s1. The molecule has 2 atom stereocenters. The number of rotatable bonds is 6. The first-order valence-corrected chi connectivity index (χ1v) is 9.27. The van der Waals surface area contributed by atoms with Crippen LogP contribution >= 0.6 is 0 Å². The summed E-state index contributed by atoms with van der Waals surface area (Å²) in [6.07, 6.45) is 5.63. The number of hydrogen-bond acceptors (Lipinski definition) is 6. The summed E-state index contributed by atoms with van der Waals surface area (Å²) in [5.41, 5.74) is 2.25. The molecule has 2 heterocycles. The minimum Gasteiger partial charge on any atom is -0.478 e. The molecule has 8 nitrogen and oxygen atoms in total. The molecule has 0 radical (unpaired) electrons. The highest BCUT2D eigenvalue weighted by atomic mass is 16.5. The summed E-state index contributed by atoms with van der Waals surface area (Å²) < 4.78 is 5.91. The molecule has 154 valence electrons. The number of nitrogens with zero attached hydrogens (tertiary/aromatic N) is 2. The van der Waals surface area contributed by atoms with E-state index in [1.54, 1.807) is 12.4 Å². The van der Waals surface area contributed by atoms with Crippen LogP contribution in [0.1, 0.15) is 23.6 Å². The molecule has 1 saturated heterocycles. The molecular formula is C21H25N3O5. The van der Waals surface area contributed by atoms with E-state index in [1.165, 1.54) is 5.56 Å². The number of aliphatic carboxylic acids is 2. The topological polar surface area (TPSA) is 122 Å². The highest BCUT2D eigenvalue weighted by Gasteiger charge is 2.27. The first kappa shape index (κ1) is 22.0. The van der Waals surface area contributed by atoms with Crippen molar-refractivity contribution in [1.82, 2.24) is 15.3 Å². The van der Waals surface area contributed by atoms with Crippen LogP contribution in [0.4, 0.5) is 0 Å². The summed E-state index contributed by atoms with van der Waals surface area (Å²) in [6.45, 7) is 4.65. The van der Waals surface area contributed by atoms with Crippen molar-refractivity contribution in [2.24, 2.45) is 5.92 Å². The molecule has 2 aromatic rings. The van der Waals surface area contributed by atoms with Crippen LogP contribution in [-0.2, 0) is 9.59 Å². The second-order valence-corrected chi connectivity index (χ2v) is 6.54. The van der Waals surface area contributed by atoms with Crippen molar-refractivity contribution in [1.29, 1.82) is 0 Å². The smallest absolute Gasteiger partial charge is 0.328 e.